The summed E-state index contributed by atoms with van der Waals surface area (Å²) in [4.78, 5) is 50.4. The highest BCUT2D eigenvalue weighted by Gasteiger charge is 2.27. The van der Waals surface area contributed by atoms with E-state index in [0.29, 0.717) is 5.56 Å². The highest BCUT2D eigenvalue weighted by Crippen LogP contribution is 2.24. The fourth-order valence-corrected chi connectivity index (χ4v) is 2.88. The van der Waals surface area contributed by atoms with Crippen molar-refractivity contribution < 1.29 is 29.0 Å². The third-order valence-corrected chi connectivity index (χ3v) is 4.88. The van der Waals surface area contributed by atoms with E-state index in [2.05, 4.69) is 10.3 Å². The largest absolute Gasteiger partial charge is 0.481 e. The Morgan fingerprint density at radius 2 is 1.77 bits per heavy atom. The zero-order valence-electron chi connectivity index (χ0n) is 16.9. The number of aliphatic carboxylic acids is 1. The van der Waals surface area contributed by atoms with Gasteiger partial charge in [-0.05, 0) is 23.6 Å². The van der Waals surface area contributed by atoms with E-state index in [1.807, 2.05) is 0 Å². The first-order chi connectivity index (χ1) is 14.4. The molecule has 170 valence electrons. The number of carboxylic acids is 1. The lowest BCUT2D eigenvalue weighted by molar-refractivity contribution is -0.145. The van der Waals surface area contributed by atoms with E-state index in [0.717, 1.165) is 0 Å². The van der Waals surface area contributed by atoms with Gasteiger partial charge in [-0.1, -0.05) is 43.1 Å². The summed E-state index contributed by atoms with van der Waals surface area (Å²) in [5, 5.41) is 11.9. The number of hydrogen-bond acceptors (Lipinski definition) is 6. The van der Waals surface area contributed by atoms with Crippen molar-refractivity contribution >= 4 is 52.9 Å². The van der Waals surface area contributed by atoms with E-state index < -0.39 is 54.7 Å². The Morgan fingerprint density at radius 3 is 2.29 bits per heavy atom. The molecule has 0 unspecified atom stereocenters. The molecule has 0 radical (unpaired) electrons. The molecule has 0 spiro atoms. The van der Waals surface area contributed by atoms with E-state index in [4.69, 9.17) is 39.4 Å². The van der Waals surface area contributed by atoms with Crippen LogP contribution in [0.25, 0.3) is 0 Å². The van der Waals surface area contributed by atoms with Crippen molar-refractivity contribution in [2.24, 2.45) is 28.3 Å². The molecule has 6 N–H and O–H groups in total. The van der Waals surface area contributed by atoms with Crippen LogP contribution in [0.2, 0.25) is 10.0 Å². The number of hydrogen-bond donors (Lipinski definition) is 4. The van der Waals surface area contributed by atoms with Gasteiger partial charge in [0, 0.05) is 16.5 Å². The number of amides is 2. The van der Waals surface area contributed by atoms with Crippen LogP contribution < -0.4 is 16.8 Å². The summed E-state index contributed by atoms with van der Waals surface area (Å²) in [6, 6.07) is 3.91. The minimum absolute atomic E-state index is 0.168. The summed E-state index contributed by atoms with van der Waals surface area (Å²) in [5.74, 6) is -4.47. The molecule has 0 bridgehead atoms. The molecule has 31 heavy (non-hydrogen) atoms. The highest BCUT2D eigenvalue weighted by atomic mass is 35.5. The molecule has 1 aromatic rings. The normalized spacial score (nSPS) is 13.4. The van der Waals surface area contributed by atoms with E-state index >= 15 is 0 Å². The van der Waals surface area contributed by atoms with Crippen LogP contribution in [-0.2, 0) is 25.5 Å². The third-order valence-electron chi connectivity index (χ3n) is 4.17. The zero-order chi connectivity index (χ0) is 23.7. The molecule has 0 saturated carbocycles. The van der Waals surface area contributed by atoms with Gasteiger partial charge in [0.25, 0.3) is 0 Å². The maximum absolute atomic E-state index is 12.0. The first-order valence-electron chi connectivity index (χ1n) is 9.17. The number of carboxylic acid groups (broad SMARTS) is 1. The van der Waals surface area contributed by atoms with Crippen LogP contribution in [0.3, 0.4) is 0 Å². The van der Waals surface area contributed by atoms with E-state index in [-0.39, 0.29) is 22.4 Å². The number of benzene rings is 1. The predicted molar refractivity (Wildman–Crippen MR) is 115 cm³/mol. The average molecular weight is 475 g/mol. The fraction of sp³-hybridized carbons (Fsp3) is 0.421. The number of ketones is 1. The maximum Gasteiger partial charge on any atom is 0.436 e. The molecule has 0 aliphatic rings. The number of carbonyl (C=O) groups is 4. The van der Waals surface area contributed by atoms with Crippen molar-refractivity contribution in [1.29, 1.82) is 0 Å². The van der Waals surface area contributed by atoms with Gasteiger partial charge in [0.1, 0.15) is 6.61 Å². The molecule has 1 rings (SSSR count). The number of aliphatic imine (C=N–C) groups is 1. The summed E-state index contributed by atoms with van der Waals surface area (Å²) in [5.41, 5.74) is 11.6. The standard InChI is InChI=1S/C19H24Cl2N4O6/c1-9(2)16(22)14(26)6-10(17(28)29)8-31-19(30)25-18(23)24-15(27)7-11-12(20)4-3-5-13(11)21/h3-5,9-10,16H,6-8,22H2,1-2H3,(H,28,29)(H3,23,24,25,27,30)/t10-,16+/m0/s1. The monoisotopic (exact) mass is 474 g/mol. The molecular formula is C19H24Cl2N4O6. The lowest BCUT2D eigenvalue weighted by Gasteiger charge is -2.17. The van der Waals surface area contributed by atoms with Gasteiger partial charge in [-0.25, -0.2) is 4.79 Å². The van der Waals surface area contributed by atoms with Crippen LogP contribution in [0.5, 0.6) is 0 Å². The van der Waals surface area contributed by atoms with Crippen LogP contribution in [-0.4, -0.2) is 47.5 Å². The van der Waals surface area contributed by atoms with Crippen molar-refractivity contribution in [3.8, 4) is 0 Å². The van der Waals surface area contributed by atoms with Crippen molar-refractivity contribution in [3.05, 3.63) is 33.8 Å². The summed E-state index contributed by atoms with van der Waals surface area (Å²) >= 11 is 12.0. The van der Waals surface area contributed by atoms with Crippen molar-refractivity contribution in [2.75, 3.05) is 6.61 Å². The molecule has 2 amide bonds. The van der Waals surface area contributed by atoms with Gasteiger partial charge in [0.2, 0.25) is 11.9 Å². The second-order valence-corrected chi connectivity index (χ2v) is 7.79. The van der Waals surface area contributed by atoms with Crippen LogP contribution >= 0.6 is 23.2 Å². The first-order valence-corrected chi connectivity index (χ1v) is 9.92. The van der Waals surface area contributed by atoms with Crippen molar-refractivity contribution in [1.82, 2.24) is 5.32 Å². The number of Topliss-reactive ketones (excluding diaryl/α,β-unsaturated/α-hetero) is 1. The summed E-state index contributed by atoms with van der Waals surface area (Å²) in [6.07, 6.45) is -1.86. The minimum Gasteiger partial charge on any atom is -0.481 e. The molecule has 10 nitrogen and oxygen atoms in total. The molecule has 0 aliphatic carbocycles. The maximum atomic E-state index is 12.0. The molecule has 0 aromatic heterocycles. The SMILES string of the molecule is CC(C)[C@@H](N)C(=O)C[C@@H](COC(=O)N=C(N)NC(=O)Cc1c(Cl)cccc1Cl)C(=O)O. The molecule has 2 atom stereocenters. The topological polar surface area (TPSA) is 174 Å². The van der Waals surface area contributed by atoms with Crippen molar-refractivity contribution in [2.45, 2.75) is 32.7 Å². The quantitative estimate of drug-likeness (QED) is 0.309. The Kier molecular flexibility index (Phi) is 10.4. The van der Waals surface area contributed by atoms with E-state index in [1.54, 1.807) is 32.0 Å². The summed E-state index contributed by atoms with van der Waals surface area (Å²) in [7, 11) is 0. The van der Waals surface area contributed by atoms with Gasteiger partial charge in [-0.2, -0.15) is 0 Å². The number of nitrogens with one attached hydrogen (secondary N) is 1. The summed E-state index contributed by atoms with van der Waals surface area (Å²) < 4.78 is 4.74. The lowest BCUT2D eigenvalue weighted by Crippen LogP contribution is -2.39. The molecule has 12 heteroatoms. The Labute approximate surface area is 188 Å². The van der Waals surface area contributed by atoms with Crippen molar-refractivity contribution in [3.63, 3.8) is 0 Å². The molecule has 0 heterocycles. The molecule has 0 aliphatic heterocycles. The molecule has 0 fully saturated rings. The zero-order valence-corrected chi connectivity index (χ0v) is 18.4. The smallest absolute Gasteiger partial charge is 0.436 e. The number of guanidine groups is 1. The Bertz CT molecular complexity index is 855. The van der Waals surface area contributed by atoms with E-state index in [9.17, 15) is 24.3 Å². The number of nitrogens with zero attached hydrogens (tertiary/aromatic N) is 1. The van der Waals surface area contributed by atoms with Crippen LogP contribution in [0.15, 0.2) is 23.2 Å². The number of carbonyl (C=O) groups excluding carboxylic acids is 3. The number of halogens is 2. The van der Waals surface area contributed by atoms with Gasteiger partial charge in [-0.15, -0.1) is 4.99 Å². The van der Waals surface area contributed by atoms with Gasteiger partial charge >= 0.3 is 12.1 Å². The van der Waals surface area contributed by atoms with Crippen LogP contribution in [0.1, 0.15) is 25.8 Å². The molecule has 0 saturated heterocycles. The Balaban J connectivity index is 2.62. The first kappa shape index (κ1) is 26.3. The predicted octanol–water partition coefficient (Wildman–Crippen LogP) is 1.75. The fourth-order valence-electron chi connectivity index (χ4n) is 2.35. The van der Waals surface area contributed by atoms with Gasteiger partial charge in [-0.3, -0.25) is 19.7 Å². The second-order valence-electron chi connectivity index (χ2n) is 6.97. The molecular weight excluding hydrogens is 451 g/mol. The van der Waals surface area contributed by atoms with Gasteiger partial charge in [0.15, 0.2) is 5.78 Å². The highest BCUT2D eigenvalue weighted by molar-refractivity contribution is 6.36. The third kappa shape index (κ3) is 8.91. The number of nitrogens with two attached hydrogens (primary N) is 2. The van der Waals surface area contributed by atoms with Crippen LogP contribution in [0, 0.1) is 11.8 Å². The van der Waals surface area contributed by atoms with Crippen LogP contribution in [0.4, 0.5) is 4.79 Å². The summed E-state index contributed by atoms with van der Waals surface area (Å²) in [6.45, 7) is 2.83. The molecule has 1 aromatic carbocycles. The average Bonchev–Trinajstić information content (AvgIpc) is 2.66. The van der Waals surface area contributed by atoms with Gasteiger partial charge in [0.05, 0.1) is 18.4 Å². The second kappa shape index (κ2) is 12.2. The number of ether oxygens (including phenoxy) is 1. The Morgan fingerprint density at radius 1 is 1.19 bits per heavy atom. The number of rotatable bonds is 9. The lowest BCUT2D eigenvalue weighted by atomic mass is 9.93. The van der Waals surface area contributed by atoms with E-state index in [1.165, 1.54) is 0 Å². The minimum atomic E-state index is -1.33. The Hall–Kier alpha value is -2.69. The van der Waals surface area contributed by atoms with Gasteiger partial charge < -0.3 is 21.3 Å².